The minimum atomic E-state index is -1.87. The molecule has 2 aromatic heterocycles. The number of nitrogens with zero attached hydrogens (tertiary/aromatic N) is 4. The van der Waals surface area contributed by atoms with Gasteiger partial charge in [-0.05, 0) is 23.3 Å². The first-order valence-corrected chi connectivity index (χ1v) is 15.7. The average molecular weight is 666 g/mol. The van der Waals surface area contributed by atoms with E-state index in [4.69, 9.17) is 23.7 Å². The monoisotopic (exact) mass is 665 g/mol. The van der Waals surface area contributed by atoms with E-state index in [2.05, 4.69) is 20.3 Å². The zero-order chi connectivity index (χ0) is 34.2. The highest BCUT2D eigenvalue weighted by atomic mass is 16.8. The maximum atomic E-state index is 13.0. The van der Waals surface area contributed by atoms with E-state index >= 15 is 0 Å². The number of imidazole rings is 1. The predicted molar refractivity (Wildman–Crippen MR) is 176 cm³/mol. The summed E-state index contributed by atoms with van der Waals surface area (Å²) in [7, 11) is 0. The normalized spacial score (nSPS) is 20.2. The molecule has 3 aromatic carbocycles. The third-order valence-electron chi connectivity index (χ3n) is 7.80. The smallest absolute Gasteiger partial charge is 0.308 e. The summed E-state index contributed by atoms with van der Waals surface area (Å²) < 4.78 is 32.7. The second kappa shape index (κ2) is 15.2. The van der Waals surface area contributed by atoms with Crippen molar-refractivity contribution < 1.29 is 38.1 Å². The molecule has 0 bridgehead atoms. The minimum Gasteiger partial charge on any atom is -0.455 e. The molecular weight excluding hydrogens is 630 g/mol. The zero-order valence-corrected chi connectivity index (χ0v) is 26.9. The molecule has 0 unspecified atom stereocenters. The molecule has 0 aliphatic carbocycles. The van der Waals surface area contributed by atoms with Gasteiger partial charge in [0.2, 0.25) is 0 Å². The molecule has 49 heavy (non-hydrogen) atoms. The van der Waals surface area contributed by atoms with Crippen LogP contribution in [0.5, 0.6) is 0 Å². The van der Waals surface area contributed by atoms with Gasteiger partial charge in [0.25, 0.3) is 11.7 Å². The van der Waals surface area contributed by atoms with Gasteiger partial charge in [-0.2, -0.15) is 0 Å². The largest absolute Gasteiger partial charge is 0.455 e. The van der Waals surface area contributed by atoms with Gasteiger partial charge < -0.3 is 29.0 Å². The zero-order valence-electron chi connectivity index (χ0n) is 26.9. The molecule has 1 amide bonds. The quantitative estimate of drug-likeness (QED) is 0.169. The number of fused-ring (bicyclic) bond motifs is 1. The lowest BCUT2D eigenvalue weighted by molar-refractivity contribution is -0.282. The Morgan fingerprint density at radius 2 is 1.53 bits per heavy atom. The van der Waals surface area contributed by atoms with Gasteiger partial charge in [-0.3, -0.25) is 19.0 Å². The van der Waals surface area contributed by atoms with Gasteiger partial charge >= 0.3 is 11.9 Å². The van der Waals surface area contributed by atoms with Crippen LogP contribution in [-0.2, 0) is 46.5 Å². The van der Waals surface area contributed by atoms with Crippen molar-refractivity contribution in [3.05, 3.63) is 120 Å². The molecule has 4 atom stereocenters. The number of nitrogens with one attached hydrogen (secondary N) is 1. The number of amides is 1. The number of hydrogen-bond acceptors (Lipinski definition) is 11. The fourth-order valence-corrected chi connectivity index (χ4v) is 5.52. The van der Waals surface area contributed by atoms with Gasteiger partial charge in [0.1, 0.15) is 12.9 Å². The van der Waals surface area contributed by atoms with E-state index in [0.717, 1.165) is 11.1 Å². The number of hydrogen-bond donors (Lipinski definition) is 1. The van der Waals surface area contributed by atoms with Crippen molar-refractivity contribution in [2.24, 2.45) is 0 Å². The van der Waals surface area contributed by atoms with Crippen molar-refractivity contribution >= 4 is 34.8 Å². The molecule has 1 fully saturated rings. The molecule has 13 heteroatoms. The first kappa shape index (κ1) is 33.4. The number of anilines is 1. The van der Waals surface area contributed by atoms with Crippen LogP contribution in [0.4, 0.5) is 5.82 Å². The van der Waals surface area contributed by atoms with Gasteiger partial charge in [-0.15, -0.1) is 0 Å². The van der Waals surface area contributed by atoms with E-state index in [1.165, 1.54) is 24.1 Å². The molecule has 0 radical (unpaired) electrons. The maximum Gasteiger partial charge on any atom is 0.308 e. The molecule has 1 aliphatic heterocycles. The number of carbonyl (C=O) groups is 3. The summed E-state index contributed by atoms with van der Waals surface area (Å²) in [6, 6.07) is 27.5. The predicted octanol–water partition coefficient (Wildman–Crippen LogP) is 4.99. The van der Waals surface area contributed by atoms with Crippen molar-refractivity contribution in [3.8, 4) is 0 Å². The highest BCUT2D eigenvalue weighted by Crippen LogP contribution is 2.44. The Morgan fingerprint density at radius 3 is 2.18 bits per heavy atom. The summed E-state index contributed by atoms with van der Waals surface area (Å²) in [6.07, 6.45) is -0.759. The van der Waals surface area contributed by atoms with Gasteiger partial charge in [-0.1, -0.05) is 85.8 Å². The fraction of sp³-hybridized carbons (Fsp3) is 0.278. The molecule has 0 saturated carbocycles. The SMILES string of the molecule is CCC(=O)O[C@]1(COCc2ccccc2)O[C@@H](n2cnc3c(NC(=O)c4ccccc4)ncnc32)[C@H](OC(C)=O)[C@@H]1OCc1ccccc1. The fourth-order valence-electron chi connectivity index (χ4n) is 5.52. The standard InChI is InChI=1S/C36H35N5O8/c1-3-28(43)48-36(21-45-19-25-13-7-4-8-14-25)31(46-20-26-15-9-5-10-16-26)30(47-24(2)42)35(49-36)41-23-39-29-32(37-22-38-33(29)41)40-34(44)27-17-11-6-12-18-27/h4-18,22-23,30-31,35H,3,19-21H2,1-2H3,(H,37,38,40,44)/t30-,31+,35-,36-/m1/s1. The van der Waals surface area contributed by atoms with Crippen LogP contribution >= 0.6 is 0 Å². The Hall–Kier alpha value is -5.50. The van der Waals surface area contributed by atoms with E-state index < -0.39 is 36.2 Å². The number of ether oxygens (including phenoxy) is 5. The topological polar surface area (TPSA) is 153 Å². The van der Waals surface area contributed by atoms with Crippen LogP contribution in [0.15, 0.2) is 104 Å². The second-order valence-corrected chi connectivity index (χ2v) is 11.3. The summed E-state index contributed by atoms with van der Waals surface area (Å²) >= 11 is 0. The molecule has 13 nitrogen and oxygen atoms in total. The average Bonchev–Trinajstić information content (AvgIpc) is 3.67. The molecule has 3 heterocycles. The summed E-state index contributed by atoms with van der Waals surface area (Å²) in [5.74, 6) is -3.30. The van der Waals surface area contributed by atoms with Crippen LogP contribution < -0.4 is 5.32 Å². The molecule has 0 spiro atoms. The minimum absolute atomic E-state index is 0.0316. The first-order chi connectivity index (χ1) is 23.9. The van der Waals surface area contributed by atoms with Crippen molar-refractivity contribution in [2.45, 2.75) is 57.7 Å². The highest BCUT2D eigenvalue weighted by Gasteiger charge is 2.62. The Morgan fingerprint density at radius 1 is 0.878 bits per heavy atom. The lowest BCUT2D eigenvalue weighted by Crippen LogP contribution is -2.52. The molecule has 1 saturated heterocycles. The third-order valence-corrected chi connectivity index (χ3v) is 7.80. The van der Waals surface area contributed by atoms with Crippen LogP contribution in [0.3, 0.4) is 0 Å². The molecular formula is C36H35N5O8. The van der Waals surface area contributed by atoms with Crippen LogP contribution in [-0.4, -0.2) is 62.0 Å². The van der Waals surface area contributed by atoms with Crippen molar-refractivity contribution in [1.29, 1.82) is 0 Å². The van der Waals surface area contributed by atoms with E-state index in [0.29, 0.717) is 5.56 Å². The summed E-state index contributed by atoms with van der Waals surface area (Å²) in [5, 5.41) is 2.78. The maximum absolute atomic E-state index is 13.0. The molecule has 1 N–H and O–H groups in total. The lowest BCUT2D eigenvalue weighted by atomic mass is 10.1. The summed E-state index contributed by atoms with van der Waals surface area (Å²) in [4.78, 5) is 51.8. The van der Waals surface area contributed by atoms with Crippen molar-refractivity contribution in [2.75, 3.05) is 11.9 Å². The Balaban J connectivity index is 1.39. The van der Waals surface area contributed by atoms with Crippen LogP contribution in [0.2, 0.25) is 0 Å². The van der Waals surface area contributed by atoms with E-state index in [9.17, 15) is 14.4 Å². The first-order valence-electron chi connectivity index (χ1n) is 15.7. The number of aromatic nitrogens is 4. The lowest BCUT2D eigenvalue weighted by Gasteiger charge is -2.33. The number of rotatable bonds is 13. The molecule has 6 rings (SSSR count). The summed E-state index contributed by atoms with van der Waals surface area (Å²) in [5.41, 5.74) is 2.65. The molecule has 252 valence electrons. The number of carbonyl (C=O) groups excluding carboxylic acids is 3. The number of esters is 2. The Bertz CT molecular complexity index is 1890. The Labute approximate surface area is 282 Å². The van der Waals surface area contributed by atoms with E-state index in [-0.39, 0.29) is 49.1 Å². The van der Waals surface area contributed by atoms with Crippen LogP contribution in [0.25, 0.3) is 11.2 Å². The second-order valence-electron chi connectivity index (χ2n) is 11.3. The third kappa shape index (κ3) is 7.64. The van der Waals surface area contributed by atoms with Crippen molar-refractivity contribution in [1.82, 2.24) is 19.5 Å². The van der Waals surface area contributed by atoms with Crippen LogP contribution in [0.1, 0.15) is 48.0 Å². The van der Waals surface area contributed by atoms with E-state index in [1.54, 1.807) is 31.2 Å². The molecule has 5 aromatic rings. The van der Waals surface area contributed by atoms with E-state index in [1.807, 2.05) is 66.7 Å². The summed E-state index contributed by atoms with van der Waals surface area (Å²) in [6.45, 7) is 2.91. The van der Waals surface area contributed by atoms with Crippen molar-refractivity contribution in [3.63, 3.8) is 0 Å². The number of benzene rings is 3. The highest BCUT2D eigenvalue weighted by molar-refractivity contribution is 6.06. The van der Waals surface area contributed by atoms with Gasteiger partial charge in [0.15, 0.2) is 35.4 Å². The van der Waals surface area contributed by atoms with Crippen LogP contribution in [0, 0.1) is 0 Å². The van der Waals surface area contributed by atoms with Gasteiger partial charge in [-0.25, -0.2) is 15.0 Å². The van der Waals surface area contributed by atoms with Gasteiger partial charge in [0.05, 0.1) is 19.5 Å². The van der Waals surface area contributed by atoms with Gasteiger partial charge in [0, 0.05) is 18.9 Å². The molecule has 1 aliphatic rings. The Kier molecular flexibility index (Phi) is 10.3.